The molecule has 0 aliphatic rings. The molecule has 5 nitrogen and oxygen atoms in total. The van der Waals surface area contributed by atoms with Crippen molar-refractivity contribution in [3.63, 3.8) is 0 Å². The van der Waals surface area contributed by atoms with E-state index >= 15 is 0 Å². The first-order valence-corrected chi connectivity index (χ1v) is 10.8. The molecular weight excluding hydrogens is 368 g/mol. The van der Waals surface area contributed by atoms with E-state index in [1.54, 1.807) is 18.3 Å². The first-order valence-electron chi connectivity index (χ1n) is 7.89. The number of nitrogens with zero attached hydrogens (tertiary/aromatic N) is 2. The third-order valence-electron chi connectivity index (χ3n) is 3.95. The van der Waals surface area contributed by atoms with E-state index in [9.17, 15) is 13.2 Å². The number of ketones is 1. The van der Waals surface area contributed by atoms with Crippen LogP contribution >= 0.6 is 11.8 Å². The number of aromatic nitrogens is 2. The molecule has 0 radical (unpaired) electrons. The summed E-state index contributed by atoms with van der Waals surface area (Å²) in [6.45, 7) is 0. The lowest BCUT2D eigenvalue weighted by atomic mass is 10.1. The molecule has 0 saturated heterocycles. The molecule has 3 aromatic rings. The maximum absolute atomic E-state index is 12.4. The van der Waals surface area contributed by atoms with E-state index in [0.717, 1.165) is 22.7 Å². The van der Waals surface area contributed by atoms with Gasteiger partial charge in [-0.15, -0.1) is 0 Å². The summed E-state index contributed by atoms with van der Waals surface area (Å²) < 4.78 is 24.9. The molecule has 0 unspecified atom stereocenters. The molecular formula is C19H18N2O3S2. The van der Waals surface area contributed by atoms with Gasteiger partial charge in [-0.25, -0.2) is 13.4 Å². The fraction of sp³-hybridized carbons (Fsp3) is 0.158. The average molecular weight is 386 g/mol. The molecule has 0 fully saturated rings. The van der Waals surface area contributed by atoms with Gasteiger partial charge in [0.1, 0.15) is 0 Å². The van der Waals surface area contributed by atoms with Crippen molar-refractivity contribution in [1.82, 2.24) is 9.55 Å². The fourth-order valence-electron chi connectivity index (χ4n) is 2.51. The van der Waals surface area contributed by atoms with Gasteiger partial charge in [0.15, 0.2) is 20.8 Å². The van der Waals surface area contributed by atoms with Crippen LogP contribution in [0.5, 0.6) is 0 Å². The standard InChI is InChI=1S/C19H18N2O3S2/c1-21-17(14-6-4-3-5-7-14)12-20-19(21)25-13-18(22)15-8-10-16(11-9-15)26(2,23)24/h3-12H,13H2,1-2H3. The summed E-state index contributed by atoms with van der Waals surface area (Å²) >= 11 is 1.36. The van der Waals surface area contributed by atoms with Crippen LogP contribution in [0, 0.1) is 0 Å². The number of carbonyl (C=O) groups excluding carboxylic acids is 1. The molecule has 0 N–H and O–H groups in total. The Balaban J connectivity index is 1.70. The minimum absolute atomic E-state index is 0.0701. The van der Waals surface area contributed by atoms with Gasteiger partial charge in [-0.05, 0) is 17.7 Å². The van der Waals surface area contributed by atoms with Gasteiger partial charge in [0.05, 0.1) is 22.5 Å². The van der Waals surface area contributed by atoms with Crippen LogP contribution in [0.1, 0.15) is 10.4 Å². The van der Waals surface area contributed by atoms with Crippen molar-refractivity contribution in [2.24, 2.45) is 7.05 Å². The van der Waals surface area contributed by atoms with E-state index in [0.29, 0.717) is 5.56 Å². The molecule has 0 spiro atoms. The molecule has 0 aliphatic heterocycles. The minimum Gasteiger partial charge on any atom is -0.322 e. The van der Waals surface area contributed by atoms with Gasteiger partial charge in [0.25, 0.3) is 0 Å². The number of carbonyl (C=O) groups is 1. The van der Waals surface area contributed by atoms with E-state index < -0.39 is 9.84 Å². The smallest absolute Gasteiger partial charge is 0.175 e. The molecule has 1 aromatic heterocycles. The van der Waals surface area contributed by atoms with Crippen molar-refractivity contribution < 1.29 is 13.2 Å². The Bertz CT molecular complexity index is 1020. The number of sulfone groups is 1. The van der Waals surface area contributed by atoms with Crippen molar-refractivity contribution >= 4 is 27.4 Å². The Labute approximate surface area is 157 Å². The number of hydrogen-bond acceptors (Lipinski definition) is 5. The summed E-state index contributed by atoms with van der Waals surface area (Å²) in [6, 6.07) is 15.9. The van der Waals surface area contributed by atoms with Crippen LogP contribution < -0.4 is 0 Å². The quantitative estimate of drug-likeness (QED) is 0.479. The average Bonchev–Trinajstić information content (AvgIpc) is 3.00. The van der Waals surface area contributed by atoms with E-state index in [2.05, 4.69) is 4.98 Å². The topological polar surface area (TPSA) is 69.0 Å². The third kappa shape index (κ3) is 4.05. The summed E-state index contributed by atoms with van der Waals surface area (Å²) in [7, 11) is -1.34. The Kier molecular flexibility index (Phi) is 5.29. The Morgan fingerprint density at radius 3 is 2.35 bits per heavy atom. The van der Waals surface area contributed by atoms with E-state index in [-0.39, 0.29) is 16.4 Å². The van der Waals surface area contributed by atoms with Crippen LogP contribution in [0.3, 0.4) is 0 Å². The maximum Gasteiger partial charge on any atom is 0.175 e. The zero-order valence-corrected chi connectivity index (χ0v) is 16.0. The Morgan fingerprint density at radius 2 is 1.73 bits per heavy atom. The van der Waals surface area contributed by atoms with Crippen LogP contribution in [0.25, 0.3) is 11.3 Å². The van der Waals surface area contributed by atoms with Crippen molar-refractivity contribution in [2.75, 3.05) is 12.0 Å². The lowest BCUT2D eigenvalue weighted by Gasteiger charge is -2.06. The summed E-state index contributed by atoms with van der Waals surface area (Å²) in [5.74, 6) is 0.163. The van der Waals surface area contributed by atoms with Crippen LogP contribution in [0.15, 0.2) is 70.8 Å². The van der Waals surface area contributed by atoms with Gasteiger partial charge in [0, 0.05) is 18.9 Å². The summed E-state index contributed by atoms with van der Waals surface area (Å²) in [5.41, 5.74) is 2.54. The van der Waals surface area contributed by atoms with Gasteiger partial charge >= 0.3 is 0 Å². The molecule has 0 aliphatic carbocycles. The SMILES string of the molecule is Cn1c(-c2ccccc2)cnc1SCC(=O)c1ccc(S(C)(=O)=O)cc1. The lowest BCUT2D eigenvalue weighted by Crippen LogP contribution is -2.05. The number of benzene rings is 2. The molecule has 0 atom stereocenters. The second-order valence-electron chi connectivity index (χ2n) is 5.86. The third-order valence-corrected chi connectivity index (χ3v) is 6.12. The number of thioether (sulfide) groups is 1. The zero-order valence-electron chi connectivity index (χ0n) is 14.4. The van der Waals surface area contributed by atoms with E-state index in [4.69, 9.17) is 0 Å². The van der Waals surface area contributed by atoms with Gasteiger partial charge in [-0.2, -0.15) is 0 Å². The summed E-state index contributed by atoms with van der Waals surface area (Å²) in [6.07, 6.45) is 2.94. The van der Waals surface area contributed by atoms with Gasteiger partial charge in [-0.1, -0.05) is 54.2 Å². The zero-order chi connectivity index (χ0) is 18.7. The molecule has 7 heteroatoms. The van der Waals surface area contributed by atoms with Crippen LogP contribution in [-0.2, 0) is 16.9 Å². The number of Topliss-reactive ketones (excluding diaryl/α,β-unsaturated/α-hetero) is 1. The van der Waals surface area contributed by atoms with Crippen LogP contribution in [-0.4, -0.2) is 35.8 Å². The largest absolute Gasteiger partial charge is 0.322 e. The van der Waals surface area contributed by atoms with Crippen molar-refractivity contribution in [3.8, 4) is 11.3 Å². The monoisotopic (exact) mass is 386 g/mol. The molecule has 134 valence electrons. The van der Waals surface area contributed by atoms with Crippen molar-refractivity contribution in [1.29, 1.82) is 0 Å². The fourth-order valence-corrected chi connectivity index (χ4v) is 3.98. The highest BCUT2D eigenvalue weighted by atomic mass is 32.2. The second kappa shape index (κ2) is 7.47. The minimum atomic E-state index is -3.26. The number of rotatable bonds is 6. The Morgan fingerprint density at radius 1 is 1.08 bits per heavy atom. The highest BCUT2D eigenvalue weighted by Crippen LogP contribution is 2.25. The molecule has 1 heterocycles. The summed E-state index contributed by atoms with van der Waals surface area (Å²) in [5, 5.41) is 0.755. The van der Waals surface area contributed by atoms with Gasteiger partial charge in [-0.3, -0.25) is 4.79 Å². The van der Waals surface area contributed by atoms with Gasteiger partial charge in [0.2, 0.25) is 0 Å². The predicted molar refractivity (Wildman–Crippen MR) is 103 cm³/mol. The predicted octanol–water partition coefficient (Wildman–Crippen LogP) is 3.47. The number of imidazole rings is 1. The highest BCUT2D eigenvalue weighted by molar-refractivity contribution is 7.99. The van der Waals surface area contributed by atoms with Gasteiger partial charge < -0.3 is 4.57 Å². The van der Waals surface area contributed by atoms with Crippen LogP contribution in [0.2, 0.25) is 0 Å². The van der Waals surface area contributed by atoms with Crippen LogP contribution in [0.4, 0.5) is 0 Å². The molecule has 3 rings (SSSR count). The summed E-state index contributed by atoms with van der Waals surface area (Å²) in [4.78, 5) is 17.0. The lowest BCUT2D eigenvalue weighted by molar-refractivity contribution is 0.102. The first kappa shape index (κ1) is 18.4. The van der Waals surface area contributed by atoms with E-state index in [1.807, 2.05) is 41.9 Å². The van der Waals surface area contributed by atoms with Crippen molar-refractivity contribution in [2.45, 2.75) is 10.1 Å². The maximum atomic E-state index is 12.4. The molecule has 2 aromatic carbocycles. The highest BCUT2D eigenvalue weighted by Gasteiger charge is 2.13. The van der Waals surface area contributed by atoms with E-state index in [1.165, 1.54) is 23.9 Å². The normalized spacial score (nSPS) is 11.5. The van der Waals surface area contributed by atoms with Crippen molar-refractivity contribution in [3.05, 3.63) is 66.4 Å². The second-order valence-corrected chi connectivity index (χ2v) is 8.82. The molecule has 0 amide bonds. The first-order chi connectivity index (χ1) is 12.4. The molecule has 0 bridgehead atoms. The Hall–Kier alpha value is -2.38. The number of hydrogen-bond donors (Lipinski definition) is 0. The molecule has 26 heavy (non-hydrogen) atoms. The molecule has 0 saturated carbocycles.